The highest BCUT2D eigenvalue weighted by Gasteiger charge is 2.12. The Balaban J connectivity index is 2.06. The highest BCUT2D eigenvalue weighted by molar-refractivity contribution is 5.75. The molecule has 9 heteroatoms. The number of non-ortho nitro benzene ring substituents is 1. The molecule has 23 heavy (non-hydrogen) atoms. The first-order valence-electron chi connectivity index (χ1n) is 6.67. The van der Waals surface area contributed by atoms with Crippen molar-refractivity contribution < 1.29 is 4.92 Å². The number of fused-ring (bicyclic) bond motifs is 1. The number of aromatic nitrogens is 4. The van der Waals surface area contributed by atoms with Crippen LogP contribution in [0.25, 0.3) is 16.7 Å². The second-order valence-corrected chi connectivity index (χ2v) is 4.72. The number of rotatable bonds is 4. The van der Waals surface area contributed by atoms with E-state index in [1.165, 1.54) is 46.0 Å². The van der Waals surface area contributed by atoms with Gasteiger partial charge < -0.3 is 0 Å². The largest absolute Gasteiger partial charge is 0.298 e. The lowest BCUT2D eigenvalue weighted by atomic mass is 10.3. The SMILES string of the molecule is N#CCCn1cnc2c(cnn2-c2ccc([N+](=O)[O-])cc2)c1=O. The molecule has 0 unspecified atom stereocenters. The minimum absolute atomic E-state index is 0.0305. The van der Waals surface area contributed by atoms with E-state index in [2.05, 4.69) is 10.1 Å². The van der Waals surface area contributed by atoms with Crippen LogP contribution in [0.3, 0.4) is 0 Å². The second-order valence-electron chi connectivity index (χ2n) is 4.72. The van der Waals surface area contributed by atoms with Crippen molar-refractivity contribution in [2.24, 2.45) is 0 Å². The molecule has 0 atom stereocenters. The monoisotopic (exact) mass is 310 g/mol. The fraction of sp³-hybridized carbons (Fsp3) is 0.143. The summed E-state index contributed by atoms with van der Waals surface area (Å²) in [7, 11) is 0. The third-order valence-corrected chi connectivity index (χ3v) is 3.32. The van der Waals surface area contributed by atoms with Gasteiger partial charge in [0.15, 0.2) is 5.65 Å². The highest BCUT2D eigenvalue weighted by atomic mass is 16.6. The summed E-state index contributed by atoms with van der Waals surface area (Å²) < 4.78 is 2.79. The van der Waals surface area contributed by atoms with Gasteiger partial charge in [0.05, 0.1) is 29.3 Å². The Morgan fingerprint density at radius 3 is 2.70 bits per heavy atom. The molecule has 0 fully saturated rings. The summed E-state index contributed by atoms with van der Waals surface area (Å²) in [6.07, 6.45) is 2.98. The Hall–Kier alpha value is -3.54. The summed E-state index contributed by atoms with van der Waals surface area (Å²) in [5.74, 6) is 0. The van der Waals surface area contributed by atoms with Crippen molar-refractivity contribution in [2.75, 3.05) is 0 Å². The topological polar surface area (TPSA) is 120 Å². The molecule has 2 aromatic heterocycles. The number of nitrogens with zero attached hydrogens (tertiary/aromatic N) is 6. The van der Waals surface area contributed by atoms with Crippen LogP contribution in [0, 0.1) is 21.4 Å². The Morgan fingerprint density at radius 2 is 2.04 bits per heavy atom. The Labute approximate surface area is 129 Å². The first kappa shape index (κ1) is 14.4. The van der Waals surface area contributed by atoms with E-state index >= 15 is 0 Å². The Bertz CT molecular complexity index is 980. The molecule has 0 N–H and O–H groups in total. The molecule has 114 valence electrons. The molecular formula is C14H10N6O3. The number of hydrogen-bond donors (Lipinski definition) is 0. The quantitative estimate of drug-likeness (QED) is 0.530. The van der Waals surface area contributed by atoms with Crippen LogP contribution in [0.1, 0.15) is 6.42 Å². The fourth-order valence-electron chi connectivity index (χ4n) is 2.18. The van der Waals surface area contributed by atoms with E-state index in [0.717, 1.165) is 0 Å². The molecule has 0 spiro atoms. The molecule has 0 aliphatic rings. The smallest absolute Gasteiger partial charge is 0.269 e. The van der Waals surface area contributed by atoms with Crippen LogP contribution in [0.5, 0.6) is 0 Å². The van der Waals surface area contributed by atoms with Gasteiger partial charge in [-0.25, -0.2) is 9.67 Å². The van der Waals surface area contributed by atoms with Crippen LogP contribution in [-0.2, 0) is 6.54 Å². The normalized spacial score (nSPS) is 10.6. The summed E-state index contributed by atoms with van der Waals surface area (Å²) in [5, 5.41) is 23.7. The van der Waals surface area contributed by atoms with Crippen molar-refractivity contribution in [3.8, 4) is 11.8 Å². The molecule has 0 aliphatic carbocycles. The number of benzene rings is 1. The van der Waals surface area contributed by atoms with E-state index in [0.29, 0.717) is 16.7 Å². The van der Waals surface area contributed by atoms with Crippen molar-refractivity contribution >= 4 is 16.7 Å². The summed E-state index contributed by atoms with van der Waals surface area (Å²) in [6, 6.07) is 7.76. The molecule has 2 heterocycles. The minimum Gasteiger partial charge on any atom is -0.298 e. The zero-order valence-corrected chi connectivity index (χ0v) is 11.8. The second kappa shape index (κ2) is 5.69. The summed E-state index contributed by atoms with van der Waals surface area (Å²) in [4.78, 5) is 26.7. The summed E-state index contributed by atoms with van der Waals surface area (Å²) in [5.41, 5.74) is 0.611. The molecule has 0 amide bonds. The molecule has 3 aromatic rings. The molecule has 0 saturated carbocycles. The summed E-state index contributed by atoms with van der Waals surface area (Å²) >= 11 is 0. The van der Waals surface area contributed by atoms with Crippen LogP contribution in [0.15, 0.2) is 41.6 Å². The summed E-state index contributed by atoms with van der Waals surface area (Å²) in [6.45, 7) is 0.265. The van der Waals surface area contributed by atoms with Gasteiger partial charge in [-0.1, -0.05) is 0 Å². The zero-order chi connectivity index (χ0) is 16.4. The first-order chi connectivity index (χ1) is 11.1. The number of nitriles is 1. The molecule has 9 nitrogen and oxygen atoms in total. The van der Waals surface area contributed by atoms with E-state index in [9.17, 15) is 14.9 Å². The lowest BCUT2D eigenvalue weighted by Gasteiger charge is -2.04. The maximum absolute atomic E-state index is 12.3. The fourth-order valence-corrected chi connectivity index (χ4v) is 2.18. The van der Waals surface area contributed by atoms with E-state index in [-0.39, 0.29) is 24.2 Å². The molecule has 0 bridgehead atoms. The van der Waals surface area contributed by atoms with E-state index in [1.807, 2.05) is 6.07 Å². The van der Waals surface area contributed by atoms with Gasteiger partial charge in [-0.2, -0.15) is 10.4 Å². The van der Waals surface area contributed by atoms with Crippen molar-refractivity contribution in [1.82, 2.24) is 19.3 Å². The van der Waals surface area contributed by atoms with Crippen molar-refractivity contribution in [2.45, 2.75) is 13.0 Å². The van der Waals surface area contributed by atoms with Crippen LogP contribution in [0.2, 0.25) is 0 Å². The number of hydrogen-bond acceptors (Lipinski definition) is 6. The van der Waals surface area contributed by atoms with Crippen molar-refractivity contribution in [3.05, 3.63) is 57.3 Å². The van der Waals surface area contributed by atoms with Crippen molar-refractivity contribution in [3.63, 3.8) is 0 Å². The van der Waals surface area contributed by atoms with Gasteiger partial charge in [0.2, 0.25) is 0 Å². The van der Waals surface area contributed by atoms with Gasteiger partial charge in [-0.3, -0.25) is 19.5 Å². The lowest BCUT2D eigenvalue weighted by molar-refractivity contribution is -0.384. The van der Waals surface area contributed by atoms with Gasteiger partial charge in [-0.05, 0) is 12.1 Å². The number of nitro groups is 1. The predicted molar refractivity (Wildman–Crippen MR) is 80.0 cm³/mol. The maximum Gasteiger partial charge on any atom is 0.269 e. The van der Waals surface area contributed by atoms with Crippen LogP contribution in [0.4, 0.5) is 5.69 Å². The number of aryl methyl sites for hydroxylation is 1. The average molecular weight is 310 g/mol. The molecule has 3 rings (SSSR count). The molecule has 0 aliphatic heterocycles. The minimum atomic E-state index is -0.489. The first-order valence-corrected chi connectivity index (χ1v) is 6.67. The molecule has 0 radical (unpaired) electrons. The van der Waals surface area contributed by atoms with Gasteiger partial charge >= 0.3 is 0 Å². The van der Waals surface area contributed by atoms with Gasteiger partial charge in [-0.15, -0.1) is 0 Å². The lowest BCUT2D eigenvalue weighted by Crippen LogP contribution is -2.20. The van der Waals surface area contributed by atoms with E-state index < -0.39 is 4.92 Å². The highest BCUT2D eigenvalue weighted by Crippen LogP contribution is 2.17. The predicted octanol–water partition coefficient (Wildman–Crippen LogP) is 1.40. The third-order valence-electron chi connectivity index (χ3n) is 3.32. The van der Waals surface area contributed by atoms with E-state index in [4.69, 9.17) is 5.26 Å². The van der Waals surface area contributed by atoms with Crippen LogP contribution < -0.4 is 5.56 Å². The third kappa shape index (κ3) is 2.53. The molecule has 1 aromatic carbocycles. The zero-order valence-electron chi connectivity index (χ0n) is 11.8. The number of nitro benzene ring substituents is 1. The average Bonchev–Trinajstić information content (AvgIpc) is 2.99. The maximum atomic E-state index is 12.3. The Morgan fingerprint density at radius 1 is 1.30 bits per heavy atom. The molecule has 0 saturated heterocycles. The molecular weight excluding hydrogens is 300 g/mol. The van der Waals surface area contributed by atoms with Gasteiger partial charge in [0, 0.05) is 18.7 Å². The van der Waals surface area contributed by atoms with Gasteiger partial charge in [0.1, 0.15) is 11.7 Å². The van der Waals surface area contributed by atoms with Crippen LogP contribution in [-0.4, -0.2) is 24.3 Å². The van der Waals surface area contributed by atoms with Crippen molar-refractivity contribution in [1.29, 1.82) is 5.26 Å². The van der Waals surface area contributed by atoms with E-state index in [1.54, 1.807) is 0 Å². The standard InChI is InChI=1S/C14H10N6O3/c15-6-1-7-18-9-16-13-12(14(18)21)8-17-19(13)10-2-4-11(5-3-10)20(22)23/h2-5,8-9H,1,7H2. The van der Waals surface area contributed by atoms with Crippen LogP contribution >= 0.6 is 0 Å². The van der Waals surface area contributed by atoms with Gasteiger partial charge in [0.25, 0.3) is 11.2 Å². The Kier molecular flexibility index (Phi) is 3.56.